The fraction of sp³-hybridized carbons (Fsp3) is 0.436. The number of halogens is 8. The molecular formula is C78H84Cl2F6N6S6. The Balaban J connectivity index is 0.973. The molecule has 0 aliphatic carbocycles. The molecule has 4 atom stereocenters. The van der Waals surface area contributed by atoms with E-state index >= 15 is 26.3 Å². The lowest BCUT2D eigenvalue weighted by atomic mass is 9.95. The van der Waals surface area contributed by atoms with Crippen molar-refractivity contribution in [2.24, 2.45) is 23.7 Å². The van der Waals surface area contributed by atoms with Crippen LogP contribution >= 0.6 is 91.2 Å². The van der Waals surface area contributed by atoms with Gasteiger partial charge in [0.1, 0.15) is 33.7 Å². The van der Waals surface area contributed by atoms with Crippen LogP contribution in [0.5, 0.6) is 0 Å². The van der Waals surface area contributed by atoms with Crippen molar-refractivity contribution in [1.82, 2.24) is 30.0 Å². The van der Waals surface area contributed by atoms with Gasteiger partial charge in [-0.3, -0.25) is 0 Å². The zero-order valence-electron chi connectivity index (χ0n) is 57.4. The molecule has 4 aromatic carbocycles. The number of hydrogen-bond acceptors (Lipinski definition) is 10. The van der Waals surface area contributed by atoms with E-state index < -0.39 is 34.9 Å². The van der Waals surface area contributed by atoms with E-state index in [1.807, 2.05) is 6.07 Å². The third-order valence-electron chi connectivity index (χ3n) is 19.8. The summed E-state index contributed by atoms with van der Waals surface area (Å²) >= 11 is 23.2. The van der Waals surface area contributed by atoms with Crippen LogP contribution in [0.3, 0.4) is 0 Å². The minimum absolute atomic E-state index is 0.00360. The second-order valence-corrected chi connectivity index (χ2v) is 34.2. The highest BCUT2D eigenvalue weighted by atomic mass is 35.5. The van der Waals surface area contributed by atoms with Gasteiger partial charge in [0.05, 0.1) is 39.8 Å². The van der Waals surface area contributed by atoms with Gasteiger partial charge in [0, 0.05) is 96.8 Å². The van der Waals surface area contributed by atoms with Crippen molar-refractivity contribution in [2.45, 2.75) is 198 Å². The highest BCUT2D eigenvalue weighted by Gasteiger charge is 2.33. The molecule has 8 aromatic heterocycles. The molecule has 0 saturated heterocycles. The average Bonchev–Trinajstić information content (AvgIpc) is 1.54. The van der Waals surface area contributed by atoms with Crippen molar-refractivity contribution < 1.29 is 26.3 Å². The zero-order chi connectivity index (χ0) is 69.4. The lowest BCUT2D eigenvalue weighted by Gasteiger charge is -2.13. The minimum atomic E-state index is -1.13. The van der Waals surface area contributed by atoms with Crippen molar-refractivity contribution in [2.75, 3.05) is 0 Å². The Bertz CT molecular complexity index is 4730. The maximum atomic E-state index is 18.3. The molecule has 8 heterocycles. The Kier molecular flexibility index (Phi) is 23.2. The van der Waals surface area contributed by atoms with Crippen LogP contribution in [0.2, 0.25) is 10.0 Å². The summed E-state index contributed by atoms with van der Waals surface area (Å²) in [6.45, 7) is 22.0. The van der Waals surface area contributed by atoms with Crippen LogP contribution in [0.1, 0.15) is 178 Å². The van der Waals surface area contributed by atoms with Crippen LogP contribution in [0, 0.1) is 72.4 Å². The smallest absolute Gasteiger partial charge is 0.170 e. The van der Waals surface area contributed by atoms with E-state index in [-0.39, 0.29) is 86.8 Å². The summed E-state index contributed by atoms with van der Waals surface area (Å²) < 4.78 is 104. The fourth-order valence-electron chi connectivity index (χ4n) is 13.9. The number of unbranched alkanes of at least 4 members (excludes halogenated alkanes) is 4. The number of nitrogens with zero attached hydrogens (tertiary/aromatic N) is 6. The van der Waals surface area contributed by atoms with E-state index in [2.05, 4.69) is 90.7 Å². The Labute approximate surface area is 605 Å². The molecule has 12 rings (SSSR count). The molecule has 0 amide bonds. The number of hydrogen-bond donors (Lipinski definition) is 0. The molecule has 0 N–H and O–H groups in total. The summed E-state index contributed by atoms with van der Waals surface area (Å²) in [5.41, 5.74) is 2.41. The predicted molar refractivity (Wildman–Crippen MR) is 409 cm³/mol. The van der Waals surface area contributed by atoms with Crippen LogP contribution in [0.25, 0.3) is 115 Å². The average molecular weight is 1480 g/mol. The summed E-state index contributed by atoms with van der Waals surface area (Å²) in [6.07, 6.45) is 18.4. The monoisotopic (exact) mass is 1480 g/mol. The van der Waals surface area contributed by atoms with Crippen LogP contribution in [0.4, 0.5) is 26.3 Å². The van der Waals surface area contributed by atoms with Gasteiger partial charge in [-0.25, -0.2) is 26.3 Å². The minimum Gasteiger partial charge on any atom is -0.206 e. The van der Waals surface area contributed by atoms with Gasteiger partial charge in [0.25, 0.3) is 0 Å². The first-order chi connectivity index (χ1) is 47.3. The summed E-state index contributed by atoms with van der Waals surface area (Å²) in [7, 11) is 0. The van der Waals surface area contributed by atoms with Gasteiger partial charge >= 0.3 is 0 Å². The van der Waals surface area contributed by atoms with Gasteiger partial charge in [0.2, 0.25) is 0 Å². The largest absolute Gasteiger partial charge is 0.206 e. The van der Waals surface area contributed by atoms with E-state index in [9.17, 15) is 0 Å². The second-order valence-electron chi connectivity index (χ2n) is 26.6. The first kappa shape index (κ1) is 72.4. The van der Waals surface area contributed by atoms with Gasteiger partial charge in [0.15, 0.2) is 23.3 Å². The quantitative estimate of drug-likeness (QED) is 0.0406. The van der Waals surface area contributed by atoms with Crippen molar-refractivity contribution in [3.05, 3.63) is 126 Å². The third-order valence-corrected chi connectivity index (χ3v) is 27.6. The molecule has 0 bridgehead atoms. The molecule has 0 radical (unpaired) electrons. The maximum absolute atomic E-state index is 18.3. The summed E-state index contributed by atoms with van der Waals surface area (Å²) in [5, 5.41) is 22.9. The molecule has 4 unspecified atom stereocenters. The van der Waals surface area contributed by atoms with Gasteiger partial charge in [-0.2, -0.15) is 30.0 Å². The van der Waals surface area contributed by atoms with Gasteiger partial charge in [-0.1, -0.05) is 168 Å². The topological polar surface area (TPSA) is 61.4 Å². The van der Waals surface area contributed by atoms with E-state index in [1.54, 1.807) is 63.1 Å². The van der Waals surface area contributed by atoms with E-state index in [4.69, 9.17) is 33.4 Å². The SMILES string of the molecule is CCCCC(CC)Cc1sc(-c2c3cc(-c4c(F)c(F)c(-c5ccc(-c6cc(F)c(-c7ccc(-c8c(F)c(F)c(C)c9nn(CC(CC)CCCC)nc89)s7)cc6F)s5)c5nn(CC(CC)CCCC)nc45)sc3c(-c3cc(Cl)c(CC(CC)CCCC)s3)c3cc(C)sc23)cc1Cl. The summed E-state index contributed by atoms with van der Waals surface area (Å²) in [5.74, 6) is -4.48. The number of rotatable bonds is 31. The lowest BCUT2D eigenvalue weighted by Crippen LogP contribution is -2.12. The molecule has 6 nitrogen and oxygen atoms in total. The normalized spacial score (nSPS) is 13.4. The fourth-order valence-corrected chi connectivity index (χ4v) is 21.7. The molecule has 0 aliphatic rings. The molecule has 0 saturated carbocycles. The van der Waals surface area contributed by atoms with Crippen molar-refractivity contribution >= 4 is 133 Å². The van der Waals surface area contributed by atoms with Crippen molar-refractivity contribution in [1.29, 1.82) is 0 Å². The first-order valence-electron chi connectivity index (χ1n) is 35.1. The molecule has 518 valence electrons. The number of benzene rings is 4. The Hall–Kier alpha value is -5.44. The third kappa shape index (κ3) is 14.4. The highest BCUT2D eigenvalue weighted by Crippen LogP contribution is 2.56. The number of fused-ring (bicyclic) bond motifs is 4. The number of aryl methyl sites for hydroxylation is 2. The molecule has 12 aromatic rings. The van der Waals surface area contributed by atoms with Crippen molar-refractivity contribution in [3.63, 3.8) is 0 Å². The maximum Gasteiger partial charge on any atom is 0.170 e. The van der Waals surface area contributed by atoms with Gasteiger partial charge < -0.3 is 0 Å². The van der Waals surface area contributed by atoms with Crippen LogP contribution in [-0.2, 0) is 25.9 Å². The standard InChI is InChI=1S/C78H84Cl2F6N6S6/c1-11-19-23-43(15-5)32-59-51(79)37-62(96-59)64-49-31-41(9)93-77(49)65(63-38-52(80)60(97-63)33-44(16-6)24-20-12-2)50-36-61(98-78(50)64)68-72(86)71(85)67(75-76(68)90-92(89-75)40-46(18-8)26-22-14-4)58-30-28-56(95-58)48-35-53(81)47(34-54(48)82)55-27-29-57(94-55)66-70(84)69(83)42(10)73-74(66)88-91(87-73)39-45(17-7)25-21-13-3/h27-31,34-38,43-46H,11-26,32-33,39-40H2,1-10H3. The van der Waals surface area contributed by atoms with Crippen LogP contribution < -0.4 is 0 Å². The molecular weight excluding hydrogens is 1400 g/mol. The Morgan fingerprint density at radius 3 is 1.19 bits per heavy atom. The lowest BCUT2D eigenvalue weighted by molar-refractivity contribution is 0.351. The van der Waals surface area contributed by atoms with Gasteiger partial charge in [-0.05, 0) is 124 Å². The summed E-state index contributed by atoms with van der Waals surface area (Å²) in [6, 6.07) is 16.9. The molecule has 0 aliphatic heterocycles. The highest BCUT2D eigenvalue weighted by molar-refractivity contribution is 7.25. The molecule has 0 spiro atoms. The second kappa shape index (κ2) is 31.4. The van der Waals surface area contributed by atoms with E-state index in [0.717, 1.165) is 216 Å². The van der Waals surface area contributed by atoms with Crippen LogP contribution in [-0.4, -0.2) is 30.0 Å². The summed E-state index contributed by atoms with van der Waals surface area (Å²) in [4.78, 5) is 10.1. The van der Waals surface area contributed by atoms with E-state index in [0.29, 0.717) is 29.8 Å². The van der Waals surface area contributed by atoms with Crippen LogP contribution in [0.15, 0.2) is 60.7 Å². The Morgan fingerprint density at radius 2 is 0.755 bits per heavy atom. The molecule has 20 heteroatoms. The molecule has 0 fully saturated rings. The van der Waals surface area contributed by atoms with Gasteiger partial charge in [-0.15, -0.1) is 68.0 Å². The first-order valence-corrected chi connectivity index (χ1v) is 40.7. The van der Waals surface area contributed by atoms with E-state index in [1.165, 1.54) is 23.1 Å². The zero-order valence-corrected chi connectivity index (χ0v) is 63.8. The Morgan fingerprint density at radius 1 is 0.388 bits per heavy atom. The van der Waals surface area contributed by atoms with Crippen molar-refractivity contribution in [3.8, 4) is 73.1 Å². The molecule has 98 heavy (non-hydrogen) atoms. The number of thiophene rings is 6. The number of aromatic nitrogens is 6. The predicted octanol–water partition coefficient (Wildman–Crippen LogP) is 28.2.